The van der Waals surface area contributed by atoms with Gasteiger partial charge in [-0.25, -0.2) is 4.98 Å². The highest BCUT2D eigenvalue weighted by Gasteiger charge is 2.20. The number of aliphatic hydroxyl groups excluding tert-OH is 1. The monoisotopic (exact) mass is 249 g/mol. The van der Waals surface area contributed by atoms with Crippen LogP contribution in [0.15, 0.2) is 18.2 Å². The van der Waals surface area contributed by atoms with Crippen LogP contribution in [0.25, 0.3) is 10.2 Å². The number of hydrogen-bond donors (Lipinski definition) is 2. The van der Waals surface area contributed by atoms with Crippen LogP contribution in [0.4, 0.5) is 10.8 Å². The second-order valence-corrected chi connectivity index (χ2v) is 5.47. The van der Waals surface area contributed by atoms with Gasteiger partial charge in [-0.3, -0.25) is 0 Å². The minimum atomic E-state index is -0.221. The molecule has 5 heteroatoms. The molecular formula is C12H15N3OS. The average molecular weight is 249 g/mol. The molecule has 1 aromatic heterocycles. The second kappa shape index (κ2) is 4.16. The molecule has 1 fully saturated rings. The highest BCUT2D eigenvalue weighted by atomic mass is 32.1. The first-order chi connectivity index (χ1) is 8.22. The SMILES string of the molecule is Nc1ccc2sc(N3CCC[C@H](O)C3)nc2c1. The van der Waals surface area contributed by atoms with E-state index in [-0.39, 0.29) is 6.10 Å². The van der Waals surface area contributed by atoms with E-state index in [9.17, 15) is 5.11 Å². The number of aliphatic hydroxyl groups is 1. The van der Waals surface area contributed by atoms with Gasteiger partial charge in [0.15, 0.2) is 5.13 Å². The van der Waals surface area contributed by atoms with Gasteiger partial charge in [-0.2, -0.15) is 0 Å². The molecule has 1 aliphatic heterocycles. The maximum atomic E-state index is 9.68. The van der Waals surface area contributed by atoms with E-state index in [1.165, 1.54) is 0 Å². The first-order valence-electron chi connectivity index (χ1n) is 5.81. The van der Waals surface area contributed by atoms with Crippen LogP contribution in [0, 0.1) is 0 Å². The standard InChI is InChI=1S/C12H15N3OS/c13-8-3-4-11-10(6-8)14-12(17-11)15-5-1-2-9(16)7-15/h3-4,6,9,16H,1-2,5,7,13H2/t9-/m0/s1. The predicted octanol–water partition coefficient (Wildman–Crippen LogP) is 1.84. The zero-order valence-electron chi connectivity index (χ0n) is 9.47. The Labute approximate surface area is 104 Å². The Morgan fingerprint density at radius 3 is 3.18 bits per heavy atom. The summed E-state index contributed by atoms with van der Waals surface area (Å²) < 4.78 is 1.15. The van der Waals surface area contributed by atoms with Crippen molar-refractivity contribution in [1.29, 1.82) is 0 Å². The highest BCUT2D eigenvalue weighted by Crippen LogP contribution is 2.31. The molecule has 0 aliphatic carbocycles. The summed E-state index contributed by atoms with van der Waals surface area (Å²) in [5.74, 6) is 0. The molecule has 0 unspecified atom stereocenters. The normalized spacial score (nSPS) is 21.0. The molecule has 17 heavy (non-hydrogen) atoms. The molecule has 1 aliphatic rings. The van der Waals surface area contributed by atoms with E-state index in [1.807, 2.05) is 18.2 Å². The minimum Gasteiger partial charge on any atom is -0.399 e. The molecule has 3 rings (SSSR count). The number of anilines is 2. The lowest BCUT2D eigenvalue weighted by Crippen LogP contribution is -2.38. The third-order valence-electron chi connectivity index (χ3n) is 3.07. The van der Waals surface area contributed by atoms with Gasteiger partial charge in [0.05, 0.1) is 16.3 Å². The Kier molecular flexibility index (Phi) is 2.64. The van der Waals surface area contributed by atoms with Crippen LogP contribution in [0.2, 0.25) is 0 Å². The van der Waals surface area contributed by atoms with Crippen molar-refractivity contribution in [3.8, 4) is 0 Å². The van der Waals surface area contributed by atoms with Crippen LogP contribution in [0.5, 0.6) is 0 Å². The number of fused-ring (bicyclic) bond motifs is 1. The van der Waals surface area contributed by atoms with Crippen LogP contribution >= 0.6 is 11.3 Å². The van der Waals surface area contributed by atoms with Crippen molar-refractivity contribution in [1.82, 2.24) is 4.98 Å². The van der Waals surface area contributed by atoms with Gasteiger partial charge in [-0.1, -0.05) is 11.3 Å². The van der Waals surface area contributed by atoms with Gasteiger partial charge >= 0.3 is 0 Å². The van der Waals surface area contributed by atoms with Gasteiger partial charge in [0.2, 0.25) is 0 Å². The molecule has 1 saturated heterocycles. The summed E-state index contributed by atoms with van der Waals surface area (Å²) >= 11 is 1.66. The number of hydrogen-bond acceptors (Lipinski definition) is 5. The van der Waals surface area contributed by atoms with Crippen molar-refractivity contribution in [2.45, 2.75) is 18.9 Å². The predicted molar refractivity (Wildman–Crippen MR) is 71.5 cm³/mol. The van der Waals surface area contributed by atoms with Gasteiger partial charge in [-0.05, 0) is 31.0 Å². The Morgan fingerprint density at radius 1 is 1.47 bits per heavy atom. The fraction of sp³-hybridized carbons (Fsp3) is 0.417. The van der Waals surface area contributed by atoms with Gasteiger partial charge in [0, 0.05) is 18.8 Å². The molecular weight excluding hydrogens is 234 g/mol. The van der Waals surface area contributed by atoms with E-state index < -0.39 is 0 Å². The van der Waals surface area contributed by atoms with Gasteiger partial charge in [0.25, 0.3) is 0 Å². The summed E-state index contributed by atoms with van der Waals surface area (Å²) in [6.07, 6.45) is 1.70. The Hall–Kier alpha value is -1.33. The summed E-state index contributed by atoms with van der Waals surface area (Å²) in [5.41, 5.74) is 7.44. The van der Waals surface area contributed by atoms with Crippen LogP contribution < -0.4 is 10.6 Å². The first kappa shape index (κ1) is 10.8. The minimum absolute atomic E-state index is 0.221. The molecule has 0 amide bonds. The van der Waals surface area contributed by atoms with Crippen molar-refractivity contribution in [2.75, 3.05) is 23.7 Å². The number of nitrogens with zero attached hydrogens (tertiary/aromatic N) is 2. The lowest BCUT2D eigenvalue weighted by atomic mass is 10.1. The van der Waals surface area contributed by atoms with Gasteiger partial charge in [-0.15, -0.1) is 0 Å². The quantitative estimate of drug-likeness (QED) is 0.757. The summed E-state index contributed by atoms with van der Waals surface area (Å²) in [6, 6.07) is 5.80. The van der Waals surface area contributed by atoms with Gasteiger partial charge < -0.3 is 15.7 Å². The van der Waals surface area contributed by atoms with E-state index >= 15 is 0 Å². The number of thiazole rings is 1. The van der Waals surface area contributed by atoms with Crippen molar-refractivity contribution in [3.05, 3.63) is 18.2 Å². The molecule has 1 aromatic carbocycles. The number of piperidine rings is 1. The largest absolute Gasteiger partial charge is 0.399 e. The fourth-order valence-corrected chi connectivity index (χ4v) is 3.18. The lowest BCUT2D eigenvalue weighted by molar-refractivity contribution is 0.154. The third-order valence-corrected chi connectivity index (χ3v) is 4.16. The van der Waals surface area contributed by atoms with E-state index in [0.29, 0.717) is 6.54 Å². The average Bonchev–Trinajstić information content (AvgIpc) is 2.72. The third kappa shape index (κ3) is 2.08. The molecule has 0 saturated carbocycles. The zero-order valence-corrected chi connectivity index (χ0v) is 10.3. The van der Waals surface area contributed by atoms with E-state index in [0.717, 1.165) is 40.4 Å². The first-order valence-corrected chi connectivity index (χ1v) is 6.63. The summed E-state index contributed by atoms with van der Waals surface area (Å²) in [7, 11) is 0. The Bertz CT molecular complexity index is 540. The molecule has 2 aromatic rings. The molecule has 0 spiro atoms. The summed E-state index contributed by atoms with van der Waals surface area (Å²) in [4.78, 5) is 6.75. The fourth-order valence-electron chi connectivity index (χ4n) is 2.20. The summed E-state index contributed by atoms with van der Waals surface area (Å²) in [5, 5.41) is 10.7. The zero-order chi connectivity index (χ0) is 11.8. The number of nitrogen functional groups attached to an aromatic ring is 1. The van der Waals surface area contributed by atoms with Crippen LogP contribution in [0.1, 0.15) is 12.8 Å². The smallest absolute Gasteiger partial charge is 0.186 e. The van der Waals surface area contributed by atoms with Crippen LogP contribution in [-0.4, -0.2) is 29.3 Å². The maximum absolute atomic E-state index is 9.68. The molecule has 0 radical (unpaired) electrons. The van der Waals surface area contributed by atoms with Crippen molar-refractivity contribution in [2.24, 2.45) is 0 Å². The van der Waals surface area contributed by atoms with Crippen LogP contribution in [-0.2, 0) is 0 Å². The number of aromatic nitrogens is 1. The van der Waals surface area contributed by atoms with Crippen molar-refractivity contribution in [3.63, 3.8) is 0 Å². The Morgan fingerprint density at radius 2 is 2.35 bits per heavy atom. The molecule has 2 heterocycles. The lowest BCUT2D eigenvalue weighted by Gasteiger charge is -2.29. The van der Waals surface area contributed by atoms with Crippen LogP contribution in [0.3, 0.4) is 0 Å². The molecule has 1 atom stereocenters. The van der Waals surface area contributed by atoms with E-state index in [4.69, 9.17) is 5.73 Å². The topological polar surface area (TPSA) is 62.4 Å². The van der Waals surface area contributed by atoms with E-state index in [1.54, 1.807) is 11.3 Å². The van der Waals surface area contributed by atoms with E-state index in [2.05, 4.69) is 9.88 Å². The van der Waals surface area contributed by atoms with Crippen molar-refractivity contribution >= 4 is 32.4 Å². The molecule has 0 bridgehead atoms. The molecule has 4 nitrogen and oxygen atoms in total. The number of rotatable bonds is 1. The second-order valence-electron chi connectivity index (χ2n) is 4.47. The number of nitrogens with two attached hydrogens (primary N) is 1. The number of benzene rings is 1. The molecule has 90 valence electrons. The highest BCUT2D eigenvalue weighted by molar-refractivity contribution is 7.22. The molecule has 3 N–H and O–H groups in total. The summed E-state index contributed by atoms with van der Waals surface area (Å²) in [6.45, 7) is 1.67. The van der Waals surface area contributed by atoms with Crippen molar-refractivity contribution < 1.29 is 5.11 Å². The number of β-amino-alcohol motifs (C(OH)–C–C–N with tert-alkyl or cyclic N) is 1. The van der Waals surface area contributed by atoms with Gasteiger partial charge in [0.1, 0.15) is 0 Å². The maximum Gasteiger partial charge on any atom is 0.186 e. The Balaban J connectivity index is 1.94.